The van der Waals surface area contributed by atoms with E-state index in [1.807, 2.05) is 0 Å². The molecule has 1 saturated heterocycles. The van der Waals surface area contributed by atoms with Crippen molar-refractivity contribution in [1.29, 1.82) is 0 Å². The molecular weight excluding hydrogens is 364 g/mol. The van der Waals surface area contributed by atoms with Crippen molar-refractivity contribution in [3.05, 3.63) is 64.2 Å². The molecule has 1 heterocycles. The Labute approximate surface area is 160 Å². The predicted octanol–water partition coefficient (Wildman–Crippen LogP) is 2.11. The molecule has 3 rings (SSSR count). The minimum absolute atomic E-state index is 0.0238. The molecule has 1 N–H and O–H groups in total. The second kappa shape index (κ2) is 8.30. The van der Waals surface area contributed by atoms with Gasteiger partial charge in [-0.2, -0.15) is 5.10 Å². The van der Waals surface area contributed by atoms with E-state index in [1.54, 1.807) is 36.3 Å². The quantitative estimate of drug-likeness (QED) is 0.467. The molecule has 2 aromatic rings. The third-order valence-corrected chi connectivity index (χ3v) is 4.37. The van der Waals surface area contributed by atoms with Gasteiger partial charge < -0.3 is 9.64 Å². The van der Waals surface area contributed by atoms with Gasteiger partial charge in [-0.25, -0.2) is 5.43 Å². The second-order valence-corrected chi connectivity index (χ2v) is 6.19. The lowest BCUT2D eigenvalue weighted by molar-refractivity contribution is -0.384. The van der Waals surface area contributed by atoms with Crippen LogP contribution in [-0.4, -0.2) is 36.6 Å². The Morgan fingerprint density at radius 2 is 1.93 bits per heavy atom. The molecule has 2 amide bonds. The maximum Gasteiger partial charge on any atom is 0.269 e. The summed E-state index contributed by atoms with van der Waals surface area (Å²) in [6, 6.07) is 12.8. The molecule has 144 valence electrons. The first-order valence-electron chi connectivity index (χ1n) is 8.49. The Kier molecular flexibility index (Phi) is 5.64. The molecule has 0 aliphatic carbocycles. The van der Waals surface area contributed by atoms with Crippen LogP contribution in [0.4, 0.5) is 11.4 Å². The van der Waals surface area contributed by atoms with Crippen molar-refractivity contribution in [2.24, 2.45) is 11.0 Å². The molecule has 0 aromatic heterocycles. The Balaban J connectivity index is 1.57. The minimum Gasteiger partial charge on any atom is -0.497 e. The topological polar surface area (TPSA) is 114 Å². The molecule has 9 nitrogen and oxygen atoms in total. The molecule has 1 aliphatic heterocycles. The average molecular weight is 382 g/mol. The molecule has 0 bridgehead atoms. The number of carbonyl (C=O) groups excluding carboxylic acids is 2. The van der Waals surface area contributed by atoms with Gasteiger partial charge >= 0.3 is 0 Å². The number of ether oxygens (including phenoxy) is 1. The van der Waals surface area contributed by atoms with Crippen LogP contribution in [0.15, 0.2) is 53.6 Å². The van der Waals surface area contributed by atoms with Crippen LogP contribution >= 0.6 is 0 Å². The van der Waals surface area contributed by atoms with Gasteiger partial charge in [0.1, 0.15) is 5.75 Å². The van der Waals surface area contributed by atoms with Crippen molar-refractivity contribution >= 4 is 29.4 Å². The van der Waals surface area contributed by atoms with E-state index >= 15 is 0 Å². The Morgan fingerprint density at radius 3 is 2.54 bits per heavy atom. The molecule has 1 fully saturated rings. The molecular formula is C19H18N4O5. The third-order valence-electron chi connectivity index (χ3n) is 4.37. The van der Waals surface area contributed by atoms with Crippen LogP contribution in [-0.2, 0) is 9.59 Å². The molecule has 28 heavy (non-hydrogen) atoms. The van der Waals surface area contributed by atoms with Gasteiger partial charge in [-0.3, -0.25) is 19.7 Å². The fraction of sp³-hybridized carbons (Fsp3) is 0.211. The lowest BCUT2D eigenvalue weighted by atomic mass is 10.1. The number of nitrogens with zero attached hydrogens (tertiary/aromatic N) is 3. The fourth-order valence-corrected chi connectivity index (χ4v) is 2.84. The van der Waals surface area contributed by atoms with Crippen LogP contribution in [0.3, 0.4) is 0 Å². The van der Waals surface area contributed by atoms with E-state index in [2.05, 4.69) is 10.5 Å². The van der Waals surface area contributed by atoms with Crippen molar-refractivity contribution in [2.75, 3.05) is 18.6 Å². The summed E-state index contributed by atoms with van der Waals surface area (Å²) in [5, 5.41) is 14.5. The van der Waals surface area contributed by atoms with Crippen LogP contribution in [0.25, 0.3) is 0 Å². The summed E-state index contributed by atoms with van der Waals surface area (Å²) in [7, 11) is 1.56. The van der Waals surface area contributed by atoms with Gasteiger partial charge in [0.05, 0.1) is 24.2 Å². The Hall–Kier alpha value is -3.75. The number of rotatable bonds is 6. The number of nitro benzene ring substituents is 1. The van der Waals surface area contributed by atoms with Crippen LogP contribution in [0, 0.1) is 16.0 Å². The number of hydrazone groups is 1. The summed E-state index contributed by atoms with van der Waals surface area (Å²) >= 11 is 0. The van der Waals surface area contributed by atoms with E-state index in [-0.39, 0.29) is 30.5 Å². The standard InChI is InChI=1S/C19H18N4O5/c1-28-17-8-6-15(7-9-17)22-12-14(10-18(22)24)19(25)21-20-11-13-2-4-16(5-3-13)23(26)27/h2-9,11,14H,10,12H2,1H3,(H,21,25)/b20-11-/t14-/m1/s1. The molecule has 0 saturated carbocycles. The summed E-state index contributed by atoms with van der Waals surface area (Å²) in [5.74, 6) is -0.318. The third kappa shape index (κ3) is 4.32. The van der Waals surface area contributed by atoms with E-state index in [9.17, 15) is 19.7 Å². The van der Waals surface area contributed by atoms with Crippen molar-refractivity contribution in [1.82, 2.24) is 5.43 Å². The van der Waals surface area contributed by atoms with Crippen molar-refractivity contribution in [3.8, 4) is 5.75 Å². The number of hydrogen-bond acceptors (Lipinski definition) is 6. The van der Waals surface area contributed by atoms with Crippen LogP contribution in [0.2, 0.25) is 0 Å². The van der Waals surface area contributed by atoms with Crippen molar-refractivity contribution < 1.29 is 19.2 Å². The highest BCUT2D eigenvalue weighted by molar-refractivity contribution is 6.00. The number of hydrogen-bond donors (Lipinski definition) is 1. The molecule has 0 spiro atoms. The highest BCUT2D eigenvalue weighted by atomic mass is 16.6. The Bertz CT molecular complexity index is 909. The van der Waals surface area contributed by atoms with Gasteiger partial charge in [-0.15, -0.1) is 0 Å². The van der Waals surface area contributed by atoms with E-state index in [4.69, 9.17) is 4.74 Å². The zero-order valence-corrected chi connectivity index (χ0v) is 15.1. The maximum absolute atomic E-state index is 12.3. The monoisotopic (exact) mass is 382 g/mol. The maximum atomic E-state index is 12.3. The Morgan fingerprint density at radius 1 is 1.25 bits per heavy atom. The van der Waals surface area contributed by atoms with Crippen molar-refractivity contribution in [2.45, 2.75) is 6.42 Å². The minimum atomic E-state index is -0.511. The zero-order valence-electron chi connectivity index (χ0n) is 15.1. The first kappa shape index (κ1) is 19.0. The van der Waals surface area contributed by atoms with E-state index in [0.717, 1.165) is 0 Å². The first-order chi connectivity index (χ1) is 13.5. The van der Waals surface area contributed by atoms with Gasteiger partial charge in [-0.05, 0) is 42.0 Å². The number of amides is 2. The number of carbonyl (C=O) groups is 2. The van der Waals surface area contributed by atoms with Crippen molar-refractivity contribution in [3.63, 3.8) is 0 Å². The molecule has 1 aliphatic rings. The largest absolute Gasteiger partial charge is 0.497 e. The first-order valence-corrected chi connectivity index (χ1v) is 8.49. The molecule has 0 radical (unpaired) electrons. The van der Waals surface area contributed by atoms with Gasteiger partial charge in [0.2, 0.25) is 11.8 Å². The zero-order chi connectivity index (χ0) is 20.1. The summed E-state index contributed by atoms with van der Waals surface area (Å²) in [6.07, 6.45) is 1.49. The summed E-state index contributed by atoms with van der Waals surface area (Å²) in [6.45, 7) is 0.268. The highest BCUT2D eigenvalue weighted by Crippen LogP contribution is 2.26. The van der Waals surface area contributed by atoms with Crippen LogP contribution in [0.1, 0.15) is 12.0 Å². The predicted molar refractivity (Wildman–Crippen MR) is 102 cm³/mol. The average Bonchev–Trinajstić information content (AvgIpc) is 3.10. The van der Waals surface area contributed by atoms with Gasteiger partial charge in [0.15, 0.2) is 0 Å². The fourth-order valence-electron chi connectivity index (χ4n) is 2.84. The van der Waals surface area contributed by atoms with Gasteiger partial charge in [0.25, 0.3) is 5.69 Å². The van der Waals surface area contributed by atoms with Crippen LogP contribution < -0.4 is 15.1 Å². The number of benzene rings is 2. The van der Waals surface area contributed by atoms with E-state index < -0.39 is 10.8 Å². The summed E-state index contributed by atoms with van der Waals surface area (Å²) in [5.41, 5.74) is 3.70. The van der Waals surface area contributed by atoms with E-state index in [0.29, 0.717) is 17.0 Å². The summed E-state index contributed by atoms with van der Waals surface area (Å²) in [4.78, 5) is 36.2. The number of nitrogens with one attached hydrogen (secondary N) is 1. The number of nitro groups is 1. The normalized spacial score (nSPS) is 16.4. The highest BCUT2D eigenvalue weighted by Gasteiger charge is 2.35. The lowest BCUT2D eigenvalue weighted by Gasteiger charge is -2.16. The molecule has 0 unspecified atom stereocenters. The van der Waals surface area contributed by atoms with Crippen LogP contribution in [0.5, 0.6) is 5.75 Å². The number of methoxy groups -OCH3 is 1. The summed E-state index contributed by atoms with van der Waals surface area (Å²) < 4.78 is 5.10. The van der Waals surface area contributed by atoms with Gasteiger partial charge in [-0.1, -0.05) is 0 Å². The molecule has 2 aromatic carbocycles. The molecule has 9 heteroatoms. The smallest absolute Gasteiger partial charge is 0.269 e. The number of anilines is 1. The molecule has 1 atom stereocenters. The second-order valence-electron chi connectivity index (χ2n) is 6.19. The lowest BCUT2D eigenvalue weighted by Crippen LogP contribution is -2.30. The number of non-ortho nitro benzene ring substituents is 1. The van der Waals surface area contributed by atoms with E-state index in [1.165, 1.54) is 30.5 Å². The van der Waals surface area contributed by atoms with Gasteiger partial charge in [0, 0.05) is 30.8 Å². The SMILES string of the molecule is COc1ccc(N2C[C@H](C(=O)N/N=C\c3ccc([N+](=O)[O-])cc3)CC2=O)cc1.